The van der Waals surface area contributed by atoms with E-state index in [1.807, 2.05) is 31.2 Å². The lowest BCUT2D eigenvalue weighted by Gasteiger charge is -2.17. The van der Waals surface area contributed by atoms with Gasteiger partial charge in [-0.1, -0.05) is 12.1 Å². The van der Waals surface area contributed by atoms with E-state index >= 15 is 0 Å². The van der Waals surface area contributed by atoms with E-state index in [4.69, 9.17) is 5.73 Å². The molecule has 98 valence electrons. The molecule has 1 aromatic carbocycles. The molecule has 1 amide bonds. The van der Waals surface area contributed by atoms with Gasteiger partial charge in [-0.2, -0.15) is 0 Å². The molecule has 18 heavy (non-hydrogen) atoms. The second-order valence-corrected chi connectivity index (χ2v) is 5.15. The van der Waals surface area contributed by atoms with Crippen molar-refractivity contribution in [3.05, 3.63) is 29.8 Å². The van der Waals surface area contributed by atoms with E-state index in [-0.39, 0.29) is 17.9 Å². The zero-order valence-electron chi connectivity index (χ0n) is 11.0. The number of nitrogens with zero attached hydrogens (tertiary/aromatic N) is 1. The number of likely N-dealkylation sites (N-methyl/N-ethyl adjacent to an activating group) is 1. The van der Waals surface area contributed by atoms with E-state index in [0.29, 0.717) is 5.69 Å². The van der Waals surface area contributed by atoms with Crippen LogP contribution >= 0.6 is 0 Å². The Morgan fingerprint density at radius 1 is 1.56 bits per heavy atom. The summed E-state index contributed by atoms with van der Waals surface area (Å²) in [5.41, 5.74) is 7.41. The largest absolute Gasteiger partial charge is 0.399 e. The van der Waals surface area contributed by atoms with Crippen LogP contribution in [-0.2, 0) is 4.79 Å². The van der Waals surface area contributed by atoms with Gasteiger partial charge in [0.15, 0.2) is 0 Å². The number of benzene rings is 1. The predicted octanol–water partition coefficient (Wildman–Crippen LogP) is 1.19. The van der Waals surface area contributed by atoms with Gasteiger partial charge in [-0.15, -0.1) is 0 Å². The van der Waals surface area contributed by atoms with Crippen molar-refractivity contribution < 1.29 is 4.79 Å². The minimum Gasteiger partial charge on any atom is -0.399 e. The molecule has 2 rings (SSSR count). The van der Waals surface area contributed by atoms with E-state index in [9.17, 15) is 4.79 Å². The van der Waals surface area contributed by atoms with Crippen LogP contribution in [0.5, 0.6) is 0 Å². The van der Waals surface area contributed by atoms with Crippen molar-refractivity contribution in [2.24, 2.45) is 0 Å². The number of carbonyl (C=O) groups is 1. The average Bonchev–Trinajstić information content (AvgIpc) is 2.73. The van der Waals surface area contributed by atoms with Crippen LogP contribution in [0.25, 0.3) is 0 Å². The van der Waals surface area contributed by atoms with Gasteiger partial charge in [-0.25, -0.2) is 0 Å². The summed E-state index contributed by atoms with van der Waals surface area (Å²) in [5, 5.41) is 3.11. The fourth-order valence-corrected chi connectivity index (χ4v) is 2.36. The van der Waals surface area contributed by atoms with Crippen molar-refractivity contribution >= 4 is 11.6 Å². The lowest BCUT2D eigenvalue weighted by atomic mass is 9.99. The van der Waals surface area contributed by atoms with Crippen LogP contribution in [0.4, 0.5) is 5.69 Å². The van der Waals surface area contributed by atoms with Gasteiger partial charge in [0.05, 0.1) is 5.92 Å². The molecule has 4 heteroatoms. The molecule has 0 aromatic heterocycles. The second-order valence-electron chi connectivity index (χ2n) is 5.15. The smallest absolute Gasteiger partial charge is 0.227 e. The Morgan fingerprint density at radius 3 is 2.94 bits per heavy atom. The molecule has 0 radical (unpaired) electrons. The van der Waals surface area contributed by atoms with Crippen LogP contribution in [0.2, 0.25) is 0 Å². The molecule has 3 N–H and O–H groups in total. The van der Waals surface area contributed by atoms with Crippen molar-refractivity contribution in [1.82, 2.24) is 10.2 Å². The Morgan fingerprint density at radius 2 is 2.33 bits per heavy atom. The first-order valence-corrected chi connectivity index (χ1v) is 6.40. The molecule has 1 heterocycles. The van der Waals surface area contributed by atoms with E-state index in [1.54, 1.807) is 0 Å². The topological polar surface area (TPSA) is 58.4 Å². The third-order valence-electron chi connectivity index (χ3n) is 3.54. The van der Waals surface area contributed by atoms with Crippen molar-refractivity contribution in [3.63, 3.8) is 0 Å². The zero-order chi connectivity index (χ0) is 13.1. The highest BCUT2D eigenvalue weighted by Crippen LogP contribution is 2.18. The second kappa shape index (κ2) is 5.40. The summed E-state index contributed by atoms with van der Waals surface area (Å²) in [6.45, 7) is 3.91. The van der Waals surface area contributed by atoms with Crippen LogP contribution in [0.1, 0.15) is 24.8 Å². The lowest BCUT2D eigenvalue weighted by Crippen LogP contribution is -2.38. The molecule has 0 bridgehead atoms. The highest BCUT2D eigenvalue weighted by atomic mass is 16.1. The van der Waals surface area contributed by atoms with Gasteiger partial charge in [0.2, 0.25) is 5.91 Å². The molecule has 1 aromatic rings. The van der Waals surface area contributed by atoms with Gasteiger partial charge in [0, 0.05) is 18.3 Å². The maximum Gasteiger partial charge on any atom is 0.227 e. The Labute approximate surface area is 108 Å². The molecule has 1 aliphatic rings. The molecule has 2 atom stereocenters. The number of amides is 1. The molecule has 4 nitrogen and oxygen atoms in total. The van der Waals surface area contributed by atoms with E-state index < -0.39 is 0 Å². The van der Waals surface area contributed by atoms with E-state index in [0.717, 1.165) is 25.1 Å². The summed E-state index contributed by atoms with van der Waals surface area (Å²) in [7, 11) is 2.08. The number of hydrogen-bond donors (Lipinski definition) is 2. The van der Waals surface area contributed by atoms with Crippen molar-refractivity contribution in [1.29, 1.82) is 0 Å². The standard InChI is InChI=1S/C14H21N3O/c1-10(11-4-3-5-12(15)8-11)14(18)16-13-6-7-17(2)9-13/h3-5,8,10,13H,6-7,9,15H2,1-2H3,(H,16,18). The fourth-order valence-electron chi connectivity index (χ4n) is 2.36. The quantitative estimate of drug-likeness (QED) is 0.789. The Kier molecular flexibility index (Phi) is 3.87. The summed E-state index contributed by atoms with van der Waals surface area (Å²) in [5.74, 6) is -0.0692. The molecule has 1 fully saturated rings. The number of nitrogens with one attached hydrogen (secondary N) is 1. The van der Waals surface area contributed by atoms with Gasteiger partial charge < -0.3 is 16.0 Å². The van der Waals surface area contributed by atoms with Crippen LogP contribution < -0.4 is 11.1 Å². The third-order valence-corrected chi connectivity index (χ3v) is 3.54. The molecule has 0 saturated carbocycles. The lowest BCUT2D eigenvalue weighted by molar-refractivity contribution is -0.122. The first kappa shape index (κ1) is 12.9. The van der Waals surface area contributed by atoms with Gasteiger partial charge in [-0.05, 0) is 44.6 Å². The van der Waals surface area contributed by atoms with E-state index in [2.05, 4.69) is 17.3 Å². The molecule has 0 spiro atoms. The molecule has 1 aliphatic heterocycles. The summed E-state index contributed by atoms with van der Waals surface area (Å²) < 4.78 is 0. The average molecular weight is 247 g/mol. The highest BCUT2D eigenvalue weighted by Gasteiger charge is 2.23. The summed E-state index contributed by atoms with van der Waals surface area (Å²) in [6, 6.07) is 7.82. The van der Waals surface area contributed by atoms with Gasteiger partial charge in [-0.3, -0.25) is 4.79 Å². The first-order chi connectivity index (χ1) is 8.56. The van der Waals surface area contributed by atoms with E-state index in [1.165, 1.54) is 0 Å². The molecule has 0 aliphatic carbocycles. The maximum absolute atomic E-state index is 12.1. The number of hydrogen-bond acceptors (Lipinski definition) is 3. The monoisotopic (exact) mass is 247 g/mol. The molecule has 2 unspecified atom stereocenters. The number of anilines is 1. The fraction of sp³-hybridized carbons (Fsp3) is 0.500. The van der Waals surface area contributed by atoms with Crippen molar-refractivity contribution in [3.8, 4) is 0 Å². The molecular formula is C14H21N3O. The Hall–Kier alpha value is -1.55. The van der Waals surface area contributed by atoms with Gasteiger partial charge in [0.25, 0.3) is 0 Å². The van der Waals surface area contributed by atoms with Crippen LogP contribution in [0.3, 0.4) is 0 Å². The normalized spacial score (nSPS) is 21.8. The zero-order valence-corrected chi connectivity index (χ0v) is 11.0. The number of likely N-dealkylation sites (tertiary alicyclic amines) is 1. The highest BCUT2D eigenvalue weighted by molar-refractivity contribution is 5.83. The van der Waals surface area contributed by atoms with Crippen LogP contribution in [0.15, 0.2) is 24.3 Å². The first-order valence-electron chi connectivity index (χ1n) is 6.40. The minimum absolute atomic E-state index is 0.0842. The number of rotatable bonds is 3. The minimum atomic E-state index is -0.153. The summed E-state index contributed by atoms with van der Waals surface area (Å²) >= 11 is 0. The van der Waals surface area contributed by atoms with Gasteiger partial charge >= 0.3 is 0 Å². The van der Waals surface area contributed by atoms with Crippen molar-refractivity contribution in [2.45, 2.75) is 25.3 Å². The summed E-state index contributed by atoms with van der Waals surface area (Å²) in [6.07, 6.45) is 1.03. The SMILES string of the molecule is CC(C(=O)NC1CCN(C)C1)c1cccc(N)c1. The van der Waals surface area contributed by atoms with Crippen LogP contribution in [-0.4, -0.2) is 37.0 Å². The third kappa shape index (κ3) is 3.01. The predicted molar refractivity (Wildman–Crippen MR) is 73.3 cm³/mol. The number of carbonyl (C=O) groups excluding carboxylic acids is 1. The Balaban J connectivity index is 1.96. The Bertz CT molecular complexity index is 433. The molecular weight excluding hydrogens is 226 g/mol. The number of nitrogens with two attached hydrogens (primary N) is 1. The number of nitrogen functional groups attached to an aromatic ring is 1. The summed E-state index contributed by atoms with van der Waals surface area (Å²) in [4.78, 5) is 14.4. The van der Waals surface area contributed by atoms with Crippen LogP contribution in [0, 0.1) is 0 Å². The maximum atomic E-state index is 12.1. The van der Waals surface area contributed by atoms with Gasteiger partial charge in [0.1, 0.15) is 0 Å². The van der Waals surface area contributed by atoms with Crippen molar-refractivity contribution in [2.75, 3.05) is 25.9 Å². The molecule has 1 saturated heterocycles.